The molecule has 5 nitrogen and oxygen atoms in total. The number of hydrogen-bond donors (Lipinski definition) is 1. The van der Waals surface area contributed by atoms with Gasteiger partial charge >= 0.3 is 5.97 Å². The van der Waals surface area contributed by atoms with Crippen molar-refractivity contribution in [2.45, 2.75) is 13.8 Å². The summed E-state index contributed by atoms with van der Waals surface area (Å²) >= 11 is 0. The van der Waals surface area contributed by atoms with Gasteiger partial charge in [-0.25, -0.2) is 4.79 Å². The highest BCUT2D eigenvalue weighted by molar-refractivity contribution is 6.32. The van der Waals surface area contributed by atoms with Crippen molar-refractivity contribution in [1.29, 1.82) is 0 Å². The molecule has 0 fully saturated rings. The van der Waals surface area contributed by atoms with E-state index in [4.69, 9.17) is 4.74 Å². The summed E-state index contributed by atoms with van der Waals surface area (Å²) in [6.07, 6.45) is 4.74. The summed E-state index contributed by atoms with van der Waals surface area (Å²) in [5.74, 6) is -1.23. The van der Waals surface area contributed by atoms with Crippen molar-refractivity contribution in [1.82, 2.24) is 0 Å². The Labute approximate surface area is 127 Å². The molecule has 0 bridgehead atoms. The van der Waals surface area contributed by atoms with E-state index in [0.29, 0.717) is 22.7 Å². The van der Waals surface area contributed by atoms with Crippen LogP contribution >= 0.6 is 0 Å². The molecule has 2 aliphatic rings. The lowest BCUT2D eigenvalue weighted by Crippen LogP contribution is -2.31. The van der Waals surface area contributed by atoms with Crippen LogP contribution in [0.4, 0.5) is 5.69 Å². The monoisotopic (exact) mass is 297 g/mol. The molecule has 1 atom stereocenters. The number of hydrogen-bond acceptors (Lipinski definition) is 4. The van der Waals surface area contributed by atoms with Crippen molar-refractivity contribution in [3.05, 3.63) is 46.6 Å². The molecule has 1 heterocycles. The number of allylic oxidation sites excluding steroid dienone is 3. The number of methoxy groups -OCH3 is 1. The highest BCUT2D eigenvalue weighted by atomic mass is 16.5. The fourth-order valence-corrected chi connectivity index (χ4v) is 2.83. The zero-order valence-electron chi connectivity index (χ0n) is 12.5. The van der Waals surface area contributed by atoms with E-state index in [1.807, 2.05) is 13.8 Å². The SMILES string of the molecule is COc1cc2c(c(C)c1C)N=C1C(C(=O)O)=CC=CC1C2=O. The van der Waals surface area contributed by atoms with E-state index in [1.54, 1.807) is 25.3 Å². The van der Waals surface area contributed by atoms with Crippen molar-refractivity contribution in [3.63, 3.8) is 0 Å². The quantitative estimate of drug-likeness (QED) is 0.910. The smallest absolute Gasteiger partial charge is 0.337 e. The Balaban J connectivity index is 2.28. The second-order valence-corrected chi connectivity index (χ2v) is 5.33. The Hall–Kier alpha value is -2.69. The van der Waals surface area contributed by atoms with Gasteiger partial charge in [0.1, 0.15) is 5.75 Å². The van der Waals surface area contributed by atoms with Gasteiger partial charge in [-0.15, -0.1) is 0 Å². The van der Waals surface area contributed by atoms with Gasteiger partial charge in [0.25, 0.3) is 0 Å². The normalized spacial score (nSPS) is 19.0. The fourth-order valence-electron chi connectivity index (χ4n) is 2.83. The zero-order chi connectivity index (χ0) is 16.0. The first-order valence-corrected chi connectivity index (χ1v) is 6.88. The number of fused-ring (bicyclic) bond motifs is 2. The second-order valence-electron chi connectivity index (χ2n) is 5.33. The van der Waals surface area contributed by atoms with Crippen molar-refractivity contribution >= 4 is 23.2 Å². The first-order valence-electron chi connectivity index (χ1n) is 6.88. The number of rotatable bonds is 2. The van der Waals surface area contributed by atoms with Crippen molar-refractivity contribution in [3.8, 4) is 5.75 Å². The number of Topliss-reactive ketones (excluding diaryl/α,β-unsaturated/α-hetero) is 1. The van der Waals surface area contributed by atoms with E-state index < -0.39 is 11.9 Å². The second kappa shape index (κ2) is 4.94. The number of benzene rings is 1. The van der Waals surface area contributed by atoms with Crippen LogP contribution in [0.5, 0.6) is 5.75 Å². The van der Waals surface area contributed by atoms with E-state index in [0.717, 1.165) is 11.1 Å². The molecule has 112 valence electrons. The van der Waals surface area contributed by atoms with Gasteiger partial charge in [0, 0.05) is 5.56 Å². The summed E-state index contributed by atoms with van der Waals surface area (Å²) in [6, 6.07) is 1.69. The Morgan fingerprint density at radius 3 is 2.68 bits per heavy atom. The molecule has 1 aromatic carbocycles. The van der Waals surface area contributed by atoms with Gasteiger partial charge in [0.15, 0.2) is 5.78 Å². The van der Waals surface area contributed by atoms with Crippen LogP contribution < -0.4 is 4.74 Å². The number of carboxylic acid groups (broad SMARTS) is 1. The number of carbonyl (C=O) groups is 2. The largest absolute Gasteiger partial charge is 0.496 e. The van der Waals surface area contributed by atoms with Gasteiger partial charge < -0.3 is 9.84 Å². The standard InChI is InChI=1S/C17H15NO4/c1-8-9(2)14-12(7-13(8)22-3)16(19)10-5-4-6-11(17(20)21)15(10)18-14/h4-7,10H,1-3H3,(H,20,21). The topological polar surface area (TPSA) is 76.0 Å². The first kappa shape index (κ1) is 14.3. The molecule has 1 aromatic rings. The molecule has 5 heteroatoms. The van der Waals surface area contributed by atoms with Crippen molar-refractivity contribution in [2.75, 3.05) is 7.11 Å². The van der Waals surface area contributed by atoms with Crippen LogP contribution in [-0.2, 0) is 4.79 Å². The number of nitrogens with zero attached hydrogens (tertiary/aromatic N) is 1. The average Bonchev–Trinajstić information content (AvgIpc) is 2.51. The van der Waals surface area contributed by atoms with Crippen LogP contribution in [0.3, 0.4) is 0 Å². The Kier molecular flexibility index (Phi) is 3.20. The van der Waals surface area contributed by atoms with Gasteiger partial charge in [-0.2, -0.15) is 0 Å². The molecule has 3 rings (SSSR count). The highest BCUT2D eigenvalue weighted by Gasteiger charge is 2.36. The maximum absolute atomic E-state index is 12.7. The van der Waals surface area contributed by atoms with E-state index in [9.17, 15) is 14.7 Å². The number of carboxylic acids is 1. The molecule has 0 spiro atoms. The van der Waals surface area contributed by atoms with Gasteiger partial charge in [-0.3, -0.25) is 9.79 Å². The molecular weight excluding hydrogens is 282 g/mol. The maximum atomic E-state index is 12.7. The summed E-state index contributed by atoms with van der Waals surface area (Å²) in [6.45, 7) is 3.75. The minimum atomic E-state index is -1.08. The molecule has 1 aliphatic carbocycles. The molecule has 0 radical (unpaired) electrons. The summed E-state index contributed by atoms with van der Waals surface area (Å²) in [5, 5.41) is 9.30. The Morgan fingerprint density at radius 2 is 2.05 bits per heavy atom. The van der Waals surface area contributed by atoms with E-state index >= 15 is 0 Å². The predicted octanol–water partition coefficient (Wildman–Crippen LogP) is 2.78. The van der Waals surface area contributed by atoms with E-state index in [-0.39, 0.29) is 11.4 Å². The van der Waals surface area contributed by atoms with Crippen LogP contribution in [-0.4, -0.2) is 29.7 Å². The van der Waals surface area contributed by atoms with Crippen molar-refractivity contribution < 1.29 is 19.4 Å². The minimum absolute atomic E-state index is 0.0689. The number of aliphatic imine (C=N–C) groups is 1. The third-order valence-electron chi connectivity index (χ3n) is 4.19. The fraction of sp³-hybridized carbons (Fsp3) is 0.235. The van der Waals surface area contributed by atoms with Gasteiger partial charge in [-0.05, 0) is 37.1 Å². The summed E-state index contributed by atoms with van der Waals surface area (Å²) < 4.78 is 5.31. The molecule has 0 aromatic heterocycles. The number of carbonyl (C=O) groups excluding carboxylic acids is 1. The van der Waals surface area contributed by atoms with E-state index in [2.05, 4.69) is 4.99 Å². The number of ether oxygens (including phenoxy) is 1. The lowest BCUT2D eigenvalue weighted by Gasteiger charge is -2.26. The van der Waals surface area contributed by atoms with E-state index in [1.165, 1.54) is 6.08 Å². The van der Waals surface area contributed by atoms with Crippen LogP contribution in [0.2, 0.25) is 0 Å². The minimum Gasteiger partial charge on any atom is -0.496 e. The summed E-state index contributed by atoms with van der Waals surface area (Å²) in [7, 11) is 1.56. The lowest BCUT2D eigenvalue weighted by molar-refractivity contribution is -0.132. The molecule has 1 unspecified atom stereocenters. The molecule has 22 heavy (non-hydrogen) atoms. The van der Waals surface area contributed by atoms with Gasteiger partial charge in [0.05, 0.1) is 30.0 Å². The molecule has 1 aliphatic heterocycles. The summed E-state index contributed by atoms with van der Waals surface area (Å²) in [4.78, 5) is 28.6. The third kappa shape index (κ3) is 1.89. The van der Waals surface area contributed by atoms with Crippen LogP contribution in [0, 0.1) is 19.8 Å². The van der Waals surface area contributed by atoms with Gasteiger partial charge in [0.2, 0.25) is 0 Å². The molecule has 1 N–H and O–H groups in total. The first-order chi connectivity index (χ1) is 10.5. The zero-order valence-corrected chi connectivity index (χ0v) is 12.5. The Bertz CT molecular complexity index is 799. The van der Waals surface area contributed by atoms with Crippen LogP contribution in [0.15, 0.2) is 34.9 Å². The van der Waals surface area contributed by atoms with Crippen molar-refractivity contribution in [2.24, 2.45) is 10.9 Å². The Morgan fingerprint density at radius 1 is 1.32 bits per heavy atom. The van der Waals surface area contributed by atoms with Crippen LogP contribution in [0.25, 0.3) is 0 Å². The highest BCUT2D eigenvalue weighted by Crippen LogP contribution is 2.40. The number of ketones is 1. The van der Waals surface area contributed by atoms with Crippen LogP contribution in [0.1, 0.15) is 21.5 Å². The maximum Gasteiger partial charge on any atom is 0.337 e. The summed E-state index contributed by atoms with van der Waals surface area (Å²) in [5.41, 5.74) is 3.11. The molecular formula is C17H15NO4. The lowest BCUT2D eigenvalue weighted by atomic mass is 9.81. The molecule has 0 saturated heterocycles. The molecule has 0 saturated carbocycles. The van der Waals surface area contributed by atoms with Gasteiger partial charge in [-0.1, -0.05) is 12.2 Å². The molecule has 0 amide bonds. The predicted molar refractivity (Wildman–Crippen MR) is 82.2 cm³/mol. The third-order valence-corrected chi connectivity index (χ3v) is 4.19. The average molecular weight is 297 g/mol. The number of aliphatic carboxylic acids is 1.